The zero-order chi connectivity index (χ0) is 29.1. The zero-order valence-corrected chi connectivity index (χ0v) is 25.2. The average Bonchev–Trinajstić information content (AvgIpc) is 2.90. The SMILES string of the molecule is C=CCCCCN1CCCCc2cc(Cl)ccc2CCOc2ccc([C@@H](CC(=O)OC)C(=O)OC(C)(C)C)cc21. The Morgan fingerprint density at radius 1 is 1.10 bits per heavy atom. The van der Waals surface area contributed by atoms with Crippen LogP contribution in [0.3, 0.4) is 0 Å². The molecule has 0 unspecified atom stereocenters. The average molecular weight is 570 g/mol. The Balaban J connectivity index is 1.98. The van der Waals surface area contributed by atoms with E-state index in [1.54, 1.807) is 0 Å². The molecule has 1 heterocycles. The molecule has 0 spiro atoms. The number of nitrogens with zero attached hydrogens (tertiary/aromatic N) is 1. The van der Waals surface area contributed by atoms with Crippen molar-refractivity contribution in [2.45, 2.75) is 83.7 Å². The maximum absolute atomic E-state index is 13.3. The first kappa shape index (κ1) is 31.5. The van der Waals surface area contributed by atoms with Gasteiger partial charge in [0.25, 0.3) is 0 Å². The van der Waals surface area contributed by atoms with Crippen LogP contribution in [0.15, 0.2) is 49.1 Å². The highest BCUT2D eigenvalue weighted by Gasteiger charge is 2.30. The van der Waals surface area contributed by atoms with Crippen LogP contribution in [0.25, 0.3) is 0 Å². The molecule has 2 aromatic carbocycles. The standard InChI is InChI=1S/C33H44ClNO5/c1-6-7-8-10-18-35-19-11-9-12-25-21-27(34)15-13-24(25)17-20-39-30-16-14-26(22-29(30)35)28(23-31(36)38-5)32(37)40-33(2,3)4/h6,13-16,21-22,28H,1,7-12,17-20,23H2,2-5H3/t28-/m1/s1. The van der Waals surface area contributed by atoms with E-state index in [0.29, 0.717) is 12.2 Å². The van der Waals surface area contributed by atoms with Crippen molar-refractivity contribution in [2.24, 2.45) is 0 Å². The summed E-state index contributed by atoms with van der Waals surface area (Å²) in [6.45, 7) is 11.5. The van der Waals surface area contributed by atoms with Crippen LogP contribution in [-0.4, -0.2) is 44.3 Å². The first-order chi connectivity index (χ1) is 19.1. The fourth-order valence-electron chi connectivity index (χ4n) is 4.98. The van der Waals surface area contributed by atoms with Crippen molar-refractivity contribution in [3.8, 4) is 5.75 Å². The van der Waals surface area contributed by atoms with Crippen LogP contribution < -0.4 is 9.64 Å². The molecule has 218 valence electrons. The largest absolute Gasteiger partial charge is 0.491 e. The number of rotatable bonds is 9. The monoisotopic (exact) mass is 569 g/mol. The van der Waals surface area contributed by atoms with Crippen LogP contribution in [0.4, 0.5) is 5.69 Å². The summed E-state index contributed by atoms with van der Waals surface area (Å²) in [6, 6.07) is 11.9. The van der Waals surface area contributed by atoms with Gasteiger partial charge in [0.05, 0.1) is 31.7 Å². The van der Waals surface area contributed by atoms with Crippen LogP contribution in [0.1, 0.15) is 81.9 Å². The van der Waals surface area contributed by atoms with Crippen molar-refractivity contribution in [1.29, 1.82) is 0 Å². The van der Waals surface area contributed by atoms with E-state index in [0.717, 1.165) is 74.5 Å². The summed E-state index contributed by atoms with van der Waals surface area (Å²) in [7, 11) is 1.33. The van der Waals surface area contributed by atoms with Gasteiger partial charge in [-0.25, -0.2) is 0 Å². The van der Waals surface area contributed by atoms with E-state index in [1.165, 1.54) is 18.2 Å². The van der Waals surface area contributed by atoms with Gasteiger partial charge in [0.15, 0.2) is 0 Å². The van der Waals surface area contributed by atoms with Crippen LogP contribution >= 0.6 is 11.6 Å². The normalized spacial score (nSPS) is 14.9. The lowest BCUT2D eigenvalue weighted by molar-refractivity contribution is -0.159. The summed E-state index contributed by atoms with van der Waals surface area (Å²) in [4.78, 5) is 27.9. The number of hydrogen-bond donors (Lipinski definition) is 0. The number of fused-ring (bicyclic) bond motifs is 2. The number of aryl methyl sites for hydroxylation is 1. The maximum Gasteiger partial charge on any atom is 0.314 e. The van der Waals surface area contributed by atoms with E-state index in [2.05, 4.69) is 23.6 Å². The predicted molar refractivity (Wildman–Crippen MR) is 162 cm³/mol. The predicted octanol–water partition coefficient (Wildman–Crippen LogP) is 7.45. The molecule has 1 aliphatic heterocycles. The van der Waals surface area contributed by atoms with Gasteiger partial charge in [-0.05, 0) is 100 Å². The van der Waals surface area contributed by atoms with Gasteiger partial charge in [-0.3, -0.25) is 9.59 Å². The molecule has 40 heavy (non-hydrogen) atoms. The molecule has 0 N–H and O–H groups in total. The lowest BCUT2D eigenvalue weighted by Crippen LogP contribution is -2.30. The molecule has 0 fully saturated rings. The van der Waals surface area contributed by atoms with Gasteiger partial charge in [0.1, 0.15) is 11.4 Å². The fraction of sp³-hybridized carbons (Fsp3) is 0.515. The smallest absolute Gasteiger partial charge is 0.314 e. The number of allylic oxidation sites excluding steroid dienone is 1. The first-order valence-corrected chi connectivity index (χ1v) is 14.7. The highest BCUT2D eigenvalue weighted by atomic mass is 35.5. The Labute approximate surface area is 244 Å². The summed E-state index contributed by atoms with van der Waals surface area (Å²) < 4.78 is 17.0. The number of carbonyl (C=O) groups is 2. The number of hydrogen-bond acceptors (Lipinski definition) is 6. The van der Waals surface area contributed by atoms with Crippen LogP contribution in [0.2, 0.25) is 5.02 Å². The number of methoxy groups -OCH3 is 1. The molecule has 0 saturated heterocycles. The molecule has 2 aromatic rings. The maximum atomic E-state index is 13.3. The van der Waals surface area contributed by atoms with Crippen molar-refractivity contribution >= 4 is 29.2 Å². The van der Waals surface area contributed by atoms with Crippen molar-refractivity contribution < 1.29 is 23.8 Å². The molecule has 0 aromatic heterocycles. The van der Waals surface area contributed by atoms with Gasteiger partial charge < -0.3 is 19.1 Å². The molecule has 0 saturated carbocycles. The van der Waals surface area contributed by atoms with E-state index in [1.807, 2.05) is 51.1 Å². The number of halogens is 1. The summed E-state index contributed by atoms with van der Waals surface area (Å²) in [5.74, 6) is -0.915. The Morgan fingerprint density at radius 3 is 2.62 bits per heavy atom. The number of carbonyl (C=O) groups excluding carboxylic acids is 2. The molecule has 0 aliphatic carbocycles. The molecule has 3 rings (SSSR count). The number of ether oxygens (including phenoxy) is 3. The first-order valence-electron chi connectivity index (χ1n) is 14.3. The lowest BCUT2D eigenvalue weighted by atomic mass is 9.94. The molecule has 1 aliphatic rings. The number of unbranched alkanes of at least 4 members (excludes halogenated alkanes) is 2. The Bertz CT molecular complexity index is 1160. The second-order valence-corrected chi connectivity index (χ2v) is 11.8. The summed E-state index contributed by atoms with van der Waals surface area (Å²) >= 11 is 6.31. The van der Waals surface area contributed by atoms with Gasteiger partial charge in [0, 0.05) is 24.5 Å². The van der Waals surface area contributed by atoms with Gasteiger partial charge in [-0.1, -0.05) is 29.8 Å². The lowest BCUT2D eigenvalue weighted by Gasteiger charge is -2.29. The van der Waals surface area contributed by atoms with Gasteiger partial charge in [0.2, 0.25) is 0 Å². The Hall–Kier alpha value is -2.99. The summed E-state index contributed by atoms with van der Waals surface area (Å²) in [5, 5.41) is 0.764. The molecule has 1 atom stereocenters. The number of esters is 2. The molecule has 6 nitrogen and oxygen atoms in total. The quantitative estimate of drug-likeness (QED) is 0.177. The second-order valence-electron chi connectivity index (χ2n) is 11.3. The van der Waals surface area contributed by atoms with Gasteiger partial charge in [-0.15, -0.1) is 6.58 Å². The number of benzene rings is 2. The minimum atomic E-state index is -0.780. The van der Waals surface area contributed by atoms with E-state index in [9.17, 15) is 9.59 Å². The van der Waals surface area contributed by atoms with Gasteiger partial charge in [-0.2, -0.15) is 0 Å². The van der Waals surface area contributed by atoms with Gasteiger partial charge >= 0.3 is 11.9 Å². The van der Waals surface area contributed by atoms with E-state index in [-0.39, 0.29) is 6.42 Å². The second kappa shape index (κ2) is 15.1. The van der Waals surface area contributed by atoms with Crippen molar-refractivity contribution in [1.82, 2.24) is 0 Å². The zero-order valence-electron chi connectivity index (χ0n) is 24.5. The molecule has 0 radical (unpaired) electrons. The molecular formula is C33H44ClNO5. The van der Waals surface area contributed by atoms with Crippen molar-refractivity contribution in [2.75, 3.05) is 31.7 Å². The third-order valence-electron chi connectivity index (χ3n) is 7.02. The highest BCUT2D eigenvalue weighted by Crippen LogP contribution is 2.36. The van der Waals surface area contributed by atoms with E-state index in [4.69, 9.17) is 25.8 Å². The molecule has 7 heteroatoms. The minimum Gasteiger partial charge on any atom is -0.491 e. The van der Waals surface area contributed by atoms with Crippen molar-refractivity contribution in [3.05, 3.63) is 70.8 Å². The Kier molecular flexibility index (Phi) is 11.9. The molecule has 0 amide bonds. The Morgan fingerprint density at radius 2 is 1.90 bits per heavy atom. The highest BCUT2D eigenvalue weighted by molar-refractivity contribution is 6.30. The van der Waals surface area contributed by atoms with Crippen LogP contribution in [0.5, 0.6) is 5.75 Å². The fourth-order valence-corrected chi connectivity index (χ4v) is 5.18. The van der Waals surface area contributed by atoms with Crippen molar-refractivity contribution in [3.63, 3.8) is 0 Å². The summed E-state index contributed by atoms with van der Waals surface area (Å²) in [6.07, 6.45) is 8.65. The number of anilines is 1. The van der Waals surface area contributed by atoms with E-state index < -0.39 is 23.5 Å². The van der Waals surface area contributed by atoms with E-state index >= 15 is 0 Å². The van der Waals surface area contributed by atoms with Crippen LogP contribution in [-0.2, 0) is 31.9 Å². The summed E-state index contributed by atoms with van der Waals surface area (Å²) in [5.41, 5.74) is 3.51. The minimum absolute atomic E-state index is 0.0935. The third kappa shape index (κ3) is 9.58. The van der Waals surface area contributed by atoms with Crippen LogP contribution in [0, 0.1) is 0 Å². The molecule has 0 bridgehead atoms. The third-order valence-corrected chi connectivity index (χ3v) is 7.26. The topological polar surface area (TPSA) is 65.1 Å². The molecular weight excluding hydrogens is 526 g/mol.